The molecule has 2 N–H and O–H groups in total. The number of benzene rings is 3. The molecular formula is C24H23F3O2. The van der Waals surface area contributed by atoms with Crippen LogP contribution in [0.1, 0.15) is 43.0 Å². The molecule has 0 unspecified atom stereocenters. The maximum Gasteiger partial charge on any atom is 0.406 e. The summed E-state index contributed by atoms with van der Waals surface area (Å²) in [5, 5.41) is 19.3. The molecule has 0 saturated heterocycles. The number of hydrogen-bond acceptors (Lipinski definition) is 2. The van der Waals surface area contributed by atoms with Crippen molar-refractivity contribution in [3.63, 3.8) is 0 Å². The van der Waals surface area contributed by atoms with Gasteiger partial charge in [-0.15, -0.1) is 0 Å². The normalized spacial score (nSPS) is 12.8. The van der Waals surface area contributed by atoms with E-state index in [0.717, 1.165) is 5.56 Å². The maximum absolute atomic E-state index is 14.9. The summed E-state index contributed by atoms with van der Waals surface area (Å²) in [5.41, 5.74) is -1.97. The van der Waals surface area contributed by atoms with E-state index in [4.69, 9.17) is 0 Å². The lowest BCUT2D eigenvalue weighted by Crippen LogP contribution is -2.44. The van der Waals surface area contributed by atoms with Crippen molar-refractivity contribution in [1.29, 1.82) is 0 Å². The first kappa shape index (κ1) is 20.8. The third-order valence-corrected chi connectivity index (χ3v) is 5.19. The smallest absolute Gasteiger partial charge is 0.406 e. The average molecular weight is 400 g/mol. The van der Waals surface area contributed by atoms with Gasteiger partial charge in [-0.1, -0.05) is 69.3 Å². The van der Waals surface area contributed by atoms with E-state index in [0.29, 0.717) is 0 Å². The van der Waals surface area contributed by atoms with Gasteiger partial charge in [-0.2, -0.15) is 13.2 Å². The van der Waals surface area contributed by atoms with Gasteiger partial charge in [0, 0.05) is 0 Å². The molecular weight excluding hydrogens is 377 g/mol. The van der Waals surface area contributed by atoms with Crippen molar-refractivity contribution in [2.24, 2.45) is 0 Å². The van der Waals surface area contributed by atoms with E-state index in [1.165, 1.54) is 54.6 Å². The van der Waals surface area contributed by atoms with Gasteiger partial charge >= 0.3 is 6.18 Å². The molecule has 152 valence electrons. The molecule has 0 amide bonds. The fourth-order valence-corrected chi connectivity index (χ4v) is 3.63. The molecule has 0 atom stereocenters. The zero-order valence-corrected chi connectivity index (χ0v) is 16.5. The van der Waals surface area contributed by atoms with Crippen LogP contribution in [0, 0.1) is 0 Å². The predicted octanol–water partition coefficient (Wildman–Crippen LogP) is 6.29. The van der Waals surface area contributed by atoms with Gasteiger partial charge in [-0.3, -0.25) is 0 Å². The zero-order valence-electron chi connectivity index (χ0n) is 16.5. The second kappa shape index (κ2) is 7.14. The summed E-state index contributed by atoms with van der Waals surface area (Å²) in [7, 11) is 0. The molecule has 0 saturated carbocycles. The maximum atomic E-state index is 14.9. The van der Waals surface area contributed by atoms with Gasteiger partial charge in [-0.25, -0.2) is 0 Å². The Balaban J connectivity index is 2.43. The molecule has 0 heterocycles. The molecule has 0 bridgehead atoms. The van der Waals surface area contributed by atoms with Crippen molar-refractivity contribution < 1.29 is 23.4 Å². The Morgan fingerprint density at radius 1 is 0.586 bits per heavy atom. The van der Waals surface area contributed by atoms with E-state index in [2.05, 4.69) is 0 Å². The van der Waals surface area contributed by atoms with Gasteiger partial charge in [0.05, 0.1) is 0 Å². The topological polar surface area (TPSA) is 40.5 Å². The number of phenolic OH excluding ortho intramolecular Hbond substituents is 2. The largest absolute Gasteiger partial charge is 0.508 e. The monoisotopic (exact) mass is 400 g/mol. The van der Waals surface area contributed by atoms with Gasteiger partial charge in [0.15, 0.2) is 0 Å². The molecule has 0 aliphatic carbocycles. The average Bonchev–Trinajstić information content (AvgIpc) is 2.64. The minimum absolute atomic E-state index is 0.0143. The predicted molar refractivity (Wildman–Crippen MR) is 107 cm³/mol. The number of alkyl halides is 3. The molecule has 0 radical (unpaired) electrons. The first-order valence-corrected chi connectivity index (χ1v) is 9.23. The Kier molecular flexibility index (Phi) is 5.11. The molecule has 3 aromatic rings. The molecule has 0 aliphatic heterocycles. The van der Waals surface area contributed by atoms with Crippen LogP contribution in [0.3, 0.4) is 0 Å². The molecule has 0 spiro atoms. The van der Waals surface area contributed by atoms with Crippen LogP contribution in [0.2, 0.25) is 0 Å². The lowest BCUT2D eigenvalue weighted by molar-refractivity contribution is -0.166. The Labute approximate surface area is 168 Å². The standard InChI is InChI=1S/C24H23F3O2/c1-22(2,3)18-5-4-6-19(15-18)23(24(25,26)27,16-7-11-20(28)12-8-16)17-9-13-21(29)14-10-17/h4-15,28-29H,1-3H3. The van der Waals surface area contributed by atoms with E-state index >= 15 is 0 Å². The number of phenols is 2. The van der Waals surface area contributed by atoms with Crippen LogP contribution in [0.4, 0.5) is 13.2 Å². The van der Waals surface area contributed by atoms with Crippen molar-refractivity contribution in [3.05, 3.63) is 95.1 Å². The number of halogens is 3. The summed E-state index contributed by atoms with van der Waals surface area (Å²) >= 11 is 0. The Morgan fingerprint density at radius 2 is 1.00 bits per heavy atom. The molecule has 5 heteroatoms. The van der Waals surface area contributed by atoms with Gasteiger partial charge in [0.2, 0.25) is 0 Å². The third kappa shape index (κ3) is 3.69. The molecule has 2 nitrogen and oxygen atoms in total. The highest BCUT2D eigenvalue weighted by molar-refractivity contribution is 5.55. The second-order valence-corrected chi connectivity index (χ2v) is 8.17. The molecule has 0 fully saturated rings. The summed E-state index contributed by atoms with van der Waals surface area (Å²) in [6.07, 6.45) is -4.68. The van der Waals surface area contributed by atoms with Crippen molar-refractivity contribution in [3.8, 4) is 11.5 Å². The van der Waals surface area contributed by atoms with E-state index in [-0.39, 0.29) is 33.6 Å². The van der Waals surface area contributed by atoms with Gasteiger partial charge < -0.3 is 10.2 Å². The van der Waals surface area contributed by atoms with Crippen LogP contribution in [0.15, 0.2) is 72.8 Å². The number of aromatic hydroxyl groups is 2. The highest BCUT2D eigenvalue weighted by Crippen LogP contribution is 2.52. The highest BCUT2D eigenvalue weighted by Gasteiger charge is 2.58. The fraction of sp³-hybridized carbons (Fsp3) is 0.250. The van der Waals surface area contributed by atoms with Gasteiger partial charge in [0.25, 0.3) is 0 Å². The van der Waals surface area contributed by atoms with Gasteiger partial charge in [-0.05, 0) is 51.9 Å². The summed E-state index contributed by atoms with van der Waals surface area (Å²) in [6, 6.07) is 16.7. The Morgan fingerprint density at radius 3 is 1.38 bits per heavy atom. The first-order chi connectivity index (χ1) is 13.5. The number of rotatable bonds is 3. The van der Waals surface area contributed by atoms with Crippen LogP contribution in [-0.2, 0) is 10.8 Å². The van der Waals surface area contributed by atoms with Crippen LogP contribution in [0.5, 0.6) is 11.5 Å². The third-order valence-electron chi connectivity index (χ3n) is 5.19. The summed E-state index contributed by atoms with van der Waals surface area (Å²) in [6.45, 7) is 5.84. The summed E-state index contributed by atoms with van der Waals surface area (Å²) < 4.78 is 44.8. The lowest BCUT2D eigenvalue weighted by atomic mass is 9.67. The minimum Gasteiger partial charge on any atom is -0.508 e. The van der Waals surface area contributed by atoms with Crippen molar-refractivity contribution >= 4 is 0 Å². The lowest BCUT2D eigenvalue weighted by Gasteiger charge is -2.38. The highest BCUT2D eigenvalue weighted by atomic mass is 19.4. The van der Waals surface area contributed by atoms with Crippen LogP contribution in [-0.4, -0.2) is 16.4 Å². The molecule has 29 heavy (non-hydrogen) atoms. The quantitative estimate of drug-likeness (QED) is 0.507. The Bertz CT molecular complexity index is 937. The van der Waals surface area contributed by atoms with Crippen molar-refractivity contribution in [1.82, 2.24) is 0 Å². The number of hydrogen-bond donors (Lipinski definition) is 2. The van der Waals surface area contributed by atoms with Crippen LogP contribution < -0.4 is 0 Å². The van der Waals surface area contributed by atoms with Crippen LogP contribution >= 0.6 is 0 Å². The van der Waals surface area contributed by atoms with E-state index in [1.54, 1.807) is 12.1 Å². The first-order valence-electron chi connectivity index (χ1n) is 9.23. The van der Waals surface area contributed by atoms with Crippen LogP contribution in [0.25, 0.3) is 0 Å². The van der Waals surface area contributed by atoms with Crippen molar-refractivity contribution in [2.45, 2.75) is 37.8 Å². The zero-order chi connectivity index (χ0) is 21.4. The molecule has 3 rings (SSSR count). The SMILES string of the molecule is CC(C)(C)c1cccc(C(c2ccc(O)cc2)(c2ccc(O)cc2)C(F)(F)F)c1. The summed E-state index contributed by atoms with van der Waals surface area (Å²) in [4.78, 5) is 0. The minimum atomic E-state index is -4.68. The molecule has 3 aromatic carbocycles. The second-order valence-electron chi connectivity index (χ2n) is 8.17. The fourth-order valence-electron chi connectivity index (χ4n) is 3.63. The van der Waals surface area contributed by atoms with E-state index < -0.39 is 11.6 Å². The van der Waals surface area contributed by atoms with Crippen molar-refractivity contribution in [2.75, 3.05) is 0 Å². The van der Waals surface area contributed by atoms with E-state index in [1.807, 2.05) is 26.8 Å². The molecule has 0 aliphatic rings. The summed E-state index contributed by atoms with van der Waals surface area (Å²) in [5.74, 6) is -0.224. The van der Waals surface area contributed by atoms with Gasteiger partial charge in [0.1, 0.15) is 16.9 Å². The Hall–Kier alpha value is -2.95. The molecule has 0 aromatic heterocycles. The van der Waals surface area contributed by atoms with E-state index in [9.17, 15) is 23.4 Å².